The third-order valence-corrected chi connectivity index (χ3v) is 2.62. The molecule has 7 heteroatoms. The zero-order valence-corrected chi connectivity index (χ0v) is 9.91. The first kappa shape index (κ1) is 12.6. The minimum atomic E-state index is -1.10. The van der Waals surface area contributed by atoms with Crippen molar-refractivity contribution < 1.29 is 19.6 Å². The fraction of sp³-hybridized carbons (Fsp3) is 0.0833. The number of hydrogen-bond donors (Lipinski definition) is 2. The number of para-hydroxylation sites is 1. The average Bonchev–Trinajstić information content (AvgIpc) is 2.87. The van der Waals surface area contributed by atoms with E-state index in [9.17, 15) is 14.9 Å². The van der Waals surface area contributed by atoms with Gasteiger partial charge in [0.05, 0.1) is 12.0 Å². The molecule has 0 radical (unpaired) electrons. The smallest absolute Gasteiger partial charge is 0.352 e. The van der Waals surface area contributed by atoms with Crippen molar-refractivity contribution in [2.75, 3.05) is 7.11 Å². The number of carboxylic acid groups (broad SMARTS) is 1. The summed E-state index contributed by atoms with van der Waals surface area (Å²) >= 11 is 0. The minimum Gasteiger partial charge on any atom is -0.490 e. The number of rotatable bonds is 4. The van der Waals surface area contributed by atoms with E-state index in [1.165, 1.54) is 31.5 Å². The number of aromatic amines is 1. The van der Waals surface area contributed by atoms with Crippen molar-refractivity contribution in [1.29, 1.82) is 0 Å². The zero-order chi connectivity index (χ0) is 14.0. The number of nitrogens with zero attached hydrogens (tertiary/aromatic N) is 1. The fourth-order valence-electron chi connectivity index (χ4n) is 1.78. The number of aromatic nitrogens is 1. The van der Waals surface area contributed by atoms with E-state index >= 15 is 0 Å². The predicted octanol–water partition coefficient (Wildman–Crippen LogP) is 2.30. The number of benzene rings is 1. The quantitative estimate of drug-likeness (QED) is 0.649. The first-order chi connectivity index (χ1) is 9.04. The van der Waals surface area contributed by atoms with Gasteiger partial charge in [0.1, 0.15) is 5.69 Å². The molecule has 0 spiro atoms. The maximum atomic E-state index is 10.9. The minimum absolute atomic E-state index is 0.00330. The van der Waals surface area contributed by atoms with E-state index in [0.29, 0.717) is 11.1 Å². The van der Waals surface area contributed by atoms with E-state index in [-0.39, 0.29) is 17.1 Å². The second kappa shape index (κ2) is 4.81. The number of carbonyl (C=O) groups is 1. The SMILES string of the molecule is COc1c(-c2c[nH]c(C(=O)O)c2)cccc1[N+](=O)[O-]. The molecule has 1 heterocycles. The van der Waals surface area contributed by atoms with Crippen LogP contribution in [0.3, 0.4) is 0 Å². The molecule has 0 aliphatic carbocycles. The molecule has 2 N–H and O–H groups in total. The van der Waals surface area contributed by atoms with Crippen molar-refractivity contribution in [2.45, 2.75) is 0 Å². The molecule has 0 amide bonds. The zero-order valence-electron chi connectivity index (χ0n) is 9.91. The maximum Gasteiger partial charge on any atom is 0.352 e. The molecule has 1 aromatic heterocycles. The van der Waals surface area contributed by atoms with Crippen LogP contribution in [-0.2, 0) is 0 Å². The summed E-state index contributed by atoms with van der Waals surface area (Å²) < 4.78 is 5.06. The number of H-pyrrole nitrogens is 1. The Morgan fingerprint density at radius 1 is 1.47 bits per heavy atom. The van der Waals surface area contributed by atoms with Crippen LogP contribution in [0.25, 0.3) is 11.1 Å². The number of methoxy groups -OCH3 is 1. The Morgan fingerprint density at radius 2 is 2.21 bits per heavy atom. The van der Waals surface area contributed by atoms with Crippen molar-refractivity contribution in [2.24, 2.45) is 0 Å². The van der Waals surface area contributed by atoms with E-state index in [4.69, 9.17) is 9.84 Å². The Bertz CT molecular complexity index is 647. The topological polar surface area (TPSA) is 105 Å². The third-order valence-electron chi connectivity index (χ3n) is 2.62. The molecule has 0 aliphatic heterocycles. The molecule has 1 aromatic carbocycles. The second-order valence-electron chi connectivity index (χ2n) is 3.72. The van der Waals surface area contributed by atoms with E-state index < -0.39 is 10.9 Å². The molecule has 98 valence electrons. The Kier molecular flexibility index (Phi) is 3.19. The van der Waals surface area contributed by atoms with Crippen molar-refractivity contribution in [3.05, 3.63) is 46.3 Å². The molecule has 2 rings (SSSR count). The number of hydrogen-bond acceptors (Lipinski definition) is 4. The van der Waals surface area contributed by atoms with Crippen LogP contribution in [0.1, 0.15) is 10.5 Å². The van der Waals surface area contributed by atoms with Gasteiger partial charge in [0.15, 0.2) is 0 Å². The van der Waals surface area contributed by atoms with Crippen LogP contribution < -0.4 is 4.74 Å². The summed E-state index contributed by atoms with van der Waals surface area (Å²) in [5.41, 5.74) is 0.806. The second-order valence-corrected chi connectivity index (χ2v) is 3.72. The van der Waals surface area contributed by atoms with Gasteiger partial charge in [-0.1, -0.05) is 12.1 Å². The van der Waals surface area contributed by atoms with Crippen LogP contribution >= 0.6 is 0 Å². The number of nitrogens with one attached hydrogen (secondary N) is 1. The Morgan fingerprint density at radius 3 is 2.74 bits per heavy atom. The maximum absolute atomic E-state index is 10.9. The average molecular weight is 262 g/mol. The molecule has 0 saturated carbocycles. The summed E-state index contributed by atoms with van der Waals surface area (Å²) in [6.07, 6.45) is 1.46. The number of nitro groups is 1. The molecule has 0 unspecified atom stereocenters. The number of nitro benzene ring substituents is 1. The Hall–Kier alpha value is -2.83. The van der Waals surface area contributed by atoms with Gasteiger partial charge < -0.3 is 14.8 Å². The number of aromatic carboxylic acids is 1. The van der Waals surface area contributed by atoms with Crippen molar-refractivity contribution in [3.63, 3.8) is 0 Å². The van der Waals surface area contributed by atoms with Crippen LogP contribution in [0.15, 0.2) is 30.5 Å². The highest BCUT2D eigenvalue weighted by molar-refractivity contribution is 5.88. The van der Waals surface area contributed by atoms with Gasteiger partial charge in [0.2, 0.25) is 5.75 Å². The fourth-order valence-corrected chi connectivity index (χ4v) is 1.78. The molecular weight excluding hydrogens is 252 g/mol. The number of ether oxygens (including phenoxy) is 1. The van der Waals surface area contributed by atoms with E-state index in [1.54, 1.807) is 6.07 Å². The largest absolute Gasteiger partial charge is 0.490 e. The highest BCUT2D eigenvalue weighted by atomic mass is 16.6. The van der Waals surface area contributed by atoms with E-state index in [2.05, 4.69) is 4.98 Å². The van der Waals surface area contributed by atoms with Crippen LogP contribution in [-0.4, -0.2) is 28.1 Å². The summed E-state index contributed by atoms with van der Waals surface area (Å²) in [6, 6.07) is 5.86. The third kappa shape index (κ3) is 2.25. The van der Waals surface area contributed by atoms with Crippen LogP contribution in [0.5, 0.6) is 5.75 Å². The lowest BCUT2D eigenvalue weighted by molar-refractivity contribution is -0.385. The van der Waals surface area contributed by atoms with Gasteiger partial charge in [0.25, 0.3) is 0 Å². The molecule has 2 aromatic rings. The van der Waals surface area contributed by atoms with Gasteiger partial charge in [-0.2, -0.15) is 0 Å². The standard InChI is InChI=1S/C12H10N2O5/c1-19-11-8(3-2-4-10(11)14(17)18)7-5-9(12(15)16)13-6-7/h2-6,13H,1H3,(H,15,16). The first-order valence-electron chi connectivity index (χ1n) is 5.28. The van der Waals surface area contributed by atoms with Gasteiger partial charge in [-0.3, -0.25) is 10.1 Å². The predicted molar refractivity (Wildman–Crippen MR) is 66.4 cm³/mol. The highest BCUT2D eigenvalue weighted by Gasteiger charge is 2.20. The van der Waals surface area contributed by atoms with Crippen LogP contribution in [0, 0.1) is 10.1 Å². The van der Waals surface area contributed by atoms with Crippen molar-refractivity contribution in [1.82, 2.24) is 4.98 Å². The molecule has 7 nitrogen and oxygen atoms in total. The lowest BCUT2D eigenvalue weighted by Gasteiger charge is -2.06. The van der Waals surface area contributed by atoms with Crippen molar-refractivity contribution >= 4 is 11.7 Å². The van der Waals surface area contributed by atoms with Gasteiger partial charge in [0, 0.05) is 23.4 Å². The molecular formula is C12H10N2O5. The molecule has 0 aliphatic rings. The Balaban J connectivity index is 2.58. The summed E-state index contributed by atoms with van der Waals surface area (Å²) in [4.78, 5) is 23.7. The lowest BCUT2D eigenvalue weighted by atomic mass is 10.1. The molecule has 0 fully saturated rings. The van der Waals surface area contributed by atoms with E-state index in [1.807, 2.05) is 0 Å². The highest BCUT2D eigenvalue weighted by Crippen LogP contribution is 2.37. The lowest BCUT2D eigenvalue weighted by Crippen LogP contribution is -1.96. The van der Waals surface area contributed by atoms with Crippen LogP contribution in [0.2, 0.25) is 0 Å². The van der Waals surface area contributed by atoms with Crippen LogP contribution in [0.4, 0.5) is 5.69 Å². The summed E-state index contributed by atoms with van der Waals surface area (Å²) in [5, 5.41) is 19.7. The number of carboxylic acids is 1. The van der Waals surface area contributed by atoms with Gasteiger partial charge in [-0.05, 0) is 6.07 Å². The molecule has 0 bridgehead atoms. The summed E-state index contributed by atoms with van der Waals surface area (Å²) in [6.45, 7) is 0. The summed E-state index contributed by atoms with van der Waals surface area (Å²) in [5.74, 6) is -1.00. The van der Waals surface area contributed by atoms with Gasteiger partial charge in [-0.15, -0.1) is 0 Å². The molecule has 0 atom stereocenters. The monoisotopic (exact) mass is 262 g/mol. The molecule has 0 saturated heterocycles. The Labute approximate surface area is 107 Å². The normalized spacial score (nSPS) is 10.2. The van der Waals surface area contributed by atoms with Gasteiger partial charge in [-0.25, -0.2) is 4.79 Å². The first-order valence-corrected chi connectivity index (χ1v) is 5.28. The molecule has 19 heavy (non-hydrogen) atoms. The van der Waals surface area contributed by atoms with E-state index in [0.717, 1.165) is 0 Å². The van der Waals surface area contributed by atoms with Crippen molar-refractivity contribution in [3.8, 4) is 16.9 Å². The van der Waals surface area contributed by atoms with Gasteiger partial charge >= 0.3 is 11.7 Å². The summed E-state index contributed by atoms with van der Waals surface area (Å²) in [7, 11) is 1.33.